The van der Waals surface area contributed by atoms with Crippen molar-refractivity contribution in [2.24, 2.45) is 11.7 Å². The lowest BCUT2D eigenvalue weighted by atomic mass is 9.83. The molecule has 1 aliphatic carbocycles. The van der Waals surface area contributed by atoms with E-state index in [-0.39, 0.29) is 23.0 Å². The van der Waals surface area contributed by atoms with Gasteiger partial charge in [-0.2, -0.15) is 0 Å². The molecule has 2 atom stereocenters. The zero-order chi connectivity index (χ0) is 16.0. The minimum absolute atomic E-state index is 0.167. The molecule has 4 rings (SSSR count). The van der Waals surface area contributed by atoms with Crippen LogP contribution in [0.25, 0.3) is 11.3 Å². The van der Waals surface area contributed by atoms with Crippen LogP contribution in [0.2, 0.25) is 0 Å². The number of amides is 1. The second-order valence-corrected chi connectivity index (χ2v) is 6.90. The Morgan fingerprint density at radius 3 is 2.74 bits per heavy atom. The molecule has 1 saturated carbocycles. The molecule has 1 amide bonds. The average Bonchev–Trinajstić information content (AvgIpc) is 3.10. The molecule has 2 unspecified atom stereocenters. The first-order valence-electron chi connectivity index (χ1n) is 7.37. The molecule has 3 heterocycles. The lowest BCUT2D eigenvalue weighted by molar-refractivity contribution is -0.115. The number of anilines is 2. The van der Waals surface area contributed by atoms with Gasteiger partial charge < -0.3 is 16.8 Å². The normalized spacial score (nSPS) is 24.0. The summed E-state index contributed by atoms with van der Waals surface area (Å²) in [6.45, 7) is 0. The summed E-state index contributed by atoms with van der Waals surface area (Å²) in [6, 6.07) is 0. The summed E-state index contributed by atoms with van der Waals surface area (Å²) in [5.41, 5.74) is 12.6. The van der Waals surface area contributed by atoms with Crippen molar-refractivity contribution in [1.82, 2.24) is 20.3 Å². The first-order valence-corrected chi connectivity index (χ1v) is 8.25. The zero-order valence-electron chi connectivity index (χ0n) is 12.2. The van der Waals surface area contributed by atoms with E-state index in [2.05, 4.69) is 30.2 Å². The maximum Gasteiger partial charge on any atom is 0.247 e. The number of carbonyl (C=O) groups is 1. The van der Waals surface area contributed by atoms with Gasteiger partial charge in [-0.1, -0.05) is 12.8 Å². The van der Waals surface area contributed by atoms with Gasteiger partial charge in [0.2, 0.25) is 17.2 Å². The summed E-state index contributed by atoms with van der Waals surface area (Å²) < 4.78 is 4.58. The maximum absolute atomic E-state index is 11.9. The molecular weight excluding hydrogens is 318 g/mol. The number of fused-ring (bicyclic) bond motifs is 2. The summed E-state index contributed by atoms with van der Waals surface area (Å²) in [5, 5.41) is 11.4. The quantitative estimate of drug-likeness (QED) is 0.748. The van der Waals surface area contributed by atoms with E-state index in [1.54, 1.807) is 11.8 Å². The van der Waals surface area contributed by atoms with Gasteiger partial charge in [-0.3, -0.25) is 4.79 Å². The number of carbonyl (C=O) groups excluding carboxylic acids is 1. The molecule has 2 aliphatic rings. The van der Waals surface area contributed by atoms with Crippen LogP contribution < -0.4 is 16.8 Å². The summed E-state index contributed by atoms with van der Waals surface area (Å²) in [6.07, 6.45) is 4.34. The van der Waals surface area contributed by atoms with Gasteiger partial charge in [0.25, 0.3) is 0 Å². The Bertz CT molecular complexity index is 818. The van der Waals surface area contributed by atoms with E-state index in [0.29, 0.717) is 21.7 Å². The van der Waals surface area contributed by atoms with Crippen LogP contribution in [-0.2, 0) is 4.79 Å². The van der Waals surface area contributed by atoms with Crippen LogP contribution in [0, 0.1) is 5.92 Å². The number of primary amides is 1. The topological polar surface area (TPSA) is 146 Å². The second kappa shape index (κ2) is 5.37. The molecule has 0 saturated heterocycles. The number of thioether (sulfide) groups is 1. The fraction of sp³-hybridized carbons (Fsp3) is 0.462. The Hall–Kier alpha value is -2.36. The molecule has 10 heteroatoms. The van der Waals surface area contributed by atoms with Crippen molar-refractivity contribution >= 4 is 40.6 Å². The van der Waals surface area contributed by atoms with Gasteiger partial charge in [0.05, 0.1) is 10.6 Å². The van der Waals surface area contributed by atoms with Gasteiger partial charge in [-0.25, -0.2) is 14.6 Å². The van der Waals surface area contributed by atoms with Crippen LogP contribution in [0.1, 0.15) is 25.7 Å². The highest BCUT2D eigenvalue weighted by Gasteiger charge is 2.40. The van der Waals surface area contributed by atoms with Crippen LogP contribution in [0.15, 0.2) is 15.2 Å². The number of nitrogens with zero attached hydrogens (tertiary/aromatic N) is 4. The Labute approximate surface area is 135 Å². The molecule has 0 aromatic carbocycles. The van der Waals surface area contributed by atoms with Crippen molar-refractivity contribution in [3.8, 4) is 0 Å². The van der Waals surface area contributed by atoms with Crippen LogP contribution in [0.3, 0.4) is 0 Å². The molecule has 9 nitrogen and oxygen atoms in total. The third kappa shape index (κ3) is 2.38. The van der Waals surface area contributed by atoms with Gasteiger partial charge in [0, 0.05) is 11.2 Å². The van der Waals surface area contributed by atoms with Crippen molar-refractivity contribution in [2.45, 2.75) is 30.9 Å². The monoisotopic (exact) mass is 333 g/mol. The van der Waals surface area contributed by atoms with E-state index >= 15 is 0 Å². The van der Waals surface area contributed by atoms with E-state index in [1.165, 1.54) is 6.42 Å². The lowest BCUT2D eigenvalue weighted by Gasteiger charge is -2.25. The Kier molecular flexibility index (Phi) is 3.33. The number of nitrogens with one attached hydrogen (secondary N) is 1. The molecule has 0 radical (unpaired) electrons. The molecule has 23 heavy (non-hydrogen) atoms. The van der Waals surface area contributed by atoms with Gasteiger partial charge in [-0.15, -0.1) is 11.8 Å². The number of rotatable bonds is 3. The SMILES string of the molecule is NC(=O)C1=C(Nc2nc3nonc3nc2N)SC2CCCCC12. The van der Waals surface area contributed by atoms with Crippen molar-refractivity contribution in [1.29, 1.82) is 0 Å². The van der Waals surface area contributed by atoms with Crippen molar-refractivity contribution < 1.29 is 9.42 Å². The van der Waals surface area contributed by atoms with Crippen molar-refractivity contribution in [2.75, 3.05) is 11.1 Å². The molecule has 5 N–H and O–H groups in total. The highest BCUT2D eigenvalue weighted by molar-refractivity contribution is 8.04. The smallest absolute Gasteiger partial charge is 0.247 e. The van der Waals surface area contributed by atoms with Crippen LogP contribution in [-0.4, -0.2) is 31.4 Å². The molecule has 1 aliphatic heterocycles. The highest BCUT2D eigenvalue weighted by atomic mass is 32.2. The maximum atomic E-state index is 11.9. The molecule has 2 aromatic heterocycles. The third-order valence-electron chi connectivity index (χ3n) is 4.23. The van der Waals surface area contributed by atoms with Gasteiger partial charge in [0.15, 0.2) is 11.6 Å². The van der Waals surface area contributed by atoms with E-state index in [0.717, 1.165) is 19.3 Å². The van der Waals surface area contributed by atoms with Crippen molar-refractivity contribution in [3.05, 3.63) is 10.6 Å². The van der Waals surface area contributed by atoms with E-state index in [9.17, 15) is 4.79 Å². The fourth-order valence-corrected chi connectivity index (χ4v) is 4.75. The highest BCUT2D eigenvalue weighted by Crippen LogP contribution is 2.48. The number of nitrogen functional groups attached to an aromatic ring is 1. The van der Waals surface area contributed by atoms with Crippen LogP contribution in [0.5, 0.6) is 0 Å². The standard InChI is InChI=1S/C13H15N7O2S/c14-8-10(17-12-11(16-8)19-22-20-12)18-13-7(9(15)21)5-3-1-2-4-6(5)23-13/h5-6H,1-4H2,(H2,15,21)(H2,14,16,19)(H,17,18,20). The van der Waals surface area contributed by atoms with Crippen molar-refractivity contribution in [3.63, 3.8) is 0 Å². The molecule has 1 fully saturated rings. The largest absolute Gasteiger partial charge is 0.381 e. The number of aromatic nitrogens is 4. The summed E-state index contributed by atoms with van der Waals surface area (Å²) >= 11 is 1.63. The Morgan fingerprint density at radius 2 is 1.96 bits per heavy atom. The minimum Gasteiger partial charge on any atom is -0.381 e. The van der Waals surface area contributed by atoms with Crippen LogP contribution in [0.4, 0.5) is 11.6 Å². The average molecular weight is 333 g/mol. The minimum atomic E-state index is -0.398. The second-order valence-electron chi connectivity index (χ2n) is 5.65. The predicted octanol–water partition coefficient (Wildman–Crippen LogP) is 1.01. The first kappa shape index (κ1) is 14.2. The van der Waals surface area contributed by atoms with E-state index in [1.807, 2.05) is 0 Å². The number of hydrogen-bond acceptors (Lipinski definition) is 9. The molecule has 120 valence electrons. The van der Waals surface area contributed by atoms with Gasteiger partial charge in [-0.05, 0) is 23.2 Å². The molecule has 0 bridgehead atoms. The van der Waals surface area contributed by atoms with E-state index in [4.69, 9.17) is 11.5 Å². The number of hydrogen-bond donors (Lipinski definition) is 3. The summed E-state index contributed by atoms with van der Waals surface area (Å²) in [4.78, 5) is 20.2. The molecule has 0 spiro atoms. The summed E-state index contributed by atoms with van der Waals surface area (Å²) in [5.74, 6) is 0.290. The third-order valence-corrected chi connectivity index (χ3v) is 5.65. The van der Waals surface area contributed by atoms with Crippen LogP contribution >= 0.6 is 11.8 Å². The van der Waals surface area contributed by atoms with Gasteiger partial charge >= 0.3 is 0 Å². The fourth-order valence-electron chi connectivity index (χ4n) is 3.19. The van der Waals surface area contributed by atoms with E-state index < -0.39 is 5.91 Å². The zero-order valence-corrected chi connectivity index (χ0v) is 13.0. The van der Waals surface area contributed by atoms with Gasteiger partial charge in [0.1, 0.15) is 0 Å². The molecular formula is C13H15N7O2S. The number of nitrogens with two attached hydrogens (primary N) is 2. The summed E-state index contributed by atoms with van der Waals surface area (Å²) in [7, 11) is 0. The Morgan fingerprint density at radius 1 is 1.22 bits per heavy atom. The first-order chi connectivity index (χ1) is 11.1. The molecule has 2 aromatic rings. The Balaban J connectivity index is 1.71. The predicted molar refractivity (Wildman–Crippen MR) is 85.0 cm³/mol. The lowest BCUT2D eigenvalue weighted by Crippen LogP contribution is -2.26.